The predicted molar refractivity (Wildman–Crippen MR) is 76.8 cm³/mol. The van der Waals surface area contributed by atoms with Gasteiger partial charge in [0, 0.05) is 16.2 Å². The summed E-state index contributed by atoms with van der Waals surface area (Å²) in [5.74, 6) is 0.464. The largest absolute Gasteiger partial charge is 0.497 e. The van der Waals surface area contributed by atoms with Crippen molar-refractivity contribution in [2.75, 3.05) is 12.4 Å². The molecule has 1 rings (SSSR count). The molecule has 1 atom stereocenters. The molecule has 0 spiro atoms. The fourth-order valence-corrected chi connectivity index (χ4v) is 1.84. The van der Waals surface area contributed by atoms with Gasteiger partial charge in [0.1, 0.15) is 5.75 Å². The van der Waals surface area contributed by atoms with E-state index < -0.39 is 6.04 Å². The van der Waals surface area contributed by atoms with Crippen LogP contribution >= 0.6 is 15.9 Å². The van der Waals surface area contributed by atoms with Crippen molar-refractivity contribution in [1.29, 1.82) is 0 Å². The Hall–Kier alpha value is -1.07. The molecule has 0 saturated heterocycles. The molecule has 18 heavy (non-hydrogen) atoms. The molecule has 5 heteroatoms. The van der Waals surface area contributed by atoms with Crippen LogP contribution in [0.2, 0.25) is 0 Å². The van der Waals surface area contributed by atoms with Crippen LogP contribution in [-0.4, -0.2) is 19.1 Å². The first-order valence-electron chi connectivity index (χ1n) is 5.65. The van der Waals surface area contributed by atoms with Crippen LogP contribution < -0.4 is 15.8 Å². The van der Waals surface area contributed by atoms with Crippen LogP contribution in [0.3, 0.4) is 0 Å². The monoisotopic (exact) mass is 314 g/mol. The lowest BCUT2D eigenvalue weighted by molar-refractivity contribution is -0.119. The highest BCUT2D eigenvalue weighted by Crippen LogP contribution is 2.25. The molecule has 0 radical (unpaired) electrons. The van der Waals surface area contributed by atoms with Crippen molar-refractivity contribution in [2.45, 2.75) is 26.8 Å². The Labute approximate surface area is 116 Å². The summed E-state index contributed by atoms with van der Waals surface area (Å²) in [5, 5.41) is 2.79. The molecule has 0 aromatic heterocycles. The number of nitrogens with one attached hydrogen (secondary N) is 1. The van der Waals surface area contributed by atoms with Gasteiger partial charge in [-0.25, -0.2) is 0 Å². The van der Waals surface area contributed by atoms with E-state index in [0.717, 1.165) is 4.47 Å². The minimum absolute atomic E-state index is 0.206. The van der Waals surface area contributed by atoms with E-state index in [-0.39, 0.29) is 11.3 Å². The number of amides is 1. The third kappa shape index (κ3) is 3.99. The minimum atomic E-state index is -0.567. The number of nitrogens with two attached hydrogens (primary N) is 1. The second-order valence-electron chi connectivity index (χ2n) is 5.21. The van der Waals surface area contributed by atoms with E-state index in [1.807, 2.05) is 26.8 Å². The summed E-state index contributed by atoms with van der Waals surface area (Å²) < 4.78 is 5.97. The van der Waals surface area contributed by atoms with E-state index in [0.29, 0.717) is 11.4 Å². The van der Waals surface area contributed by atoms with Crippen LogP contribution in [0.25, 0.3) is 0 Å². The van der Waals surface area contributed by atoms with Gasteiger partial charge >= 0.3 is 0 Å². The topological polar surface area (TPSA) is 64.3 Å². The van der Waals surface area contributed by atoms with Gasteiger partial charge in [0.05, 0.1) is 13.2 Å². The average molecular weight is 315 g/mol. The molecule has 0 aliphatic heterocycles. The van der Waals surface area contributed by atoms with E-state index in [4.69, 9.17) is 10.5 Å². The van der Waals surface area contributed by atoms with Crippen LogP contribution in [-0.2, 0) is 4.79 Å². The summed E-state index contributed by atoms with van der Waals surface area (Å²) in [6.45, 7) is 5.79. The maximum Gasteiger partial charge on any atom is 0.241 e. The summed E-state index contributed by atoms with van der Waals surface area (Å²) in [7, 11) is 1.58. The number of halogens is 1. The molecule has 1 amide bonds. The summed E-state index contributed by atoms with van der Waals surface area (Å²) in [4.78, 5) is 12.0. The second kappa shape index (κ2) is 5.71. The highest BCUT2D eigenvalue weighted by atomic mass is 79.9. The summed E-state index contributed by atoms with van der Waals surface area (Å²) >= 11 is 3.36. The van der Waals surface area contributed by atoms with Crippen molar-refractivity contribution in [3.63, 3.8) is 0 Å². The molecule has 0 heterocycles. The predicted octanol–water partition coefficient (Wildman–Crippen LogP) is 2.77. The van der Waals surface area contributed by atoms with E-state index in [2.05, 4.69) is 21.2 Å². The average Bonchev–Trinajstić information content (AvgIpc) is 2.25. The summed E-state index contributed by atoms with van der Waals surface area (Å²) in [6, 6.07) is 4.80. The number of anilines is 1. The van der Waals surface area contributed by atoms with E-state index in [9.17, 15) is 4.79 Å². The van der Waals surface area contributed by atoms with Crippen LogP contribution in [0, 0.1) is 5.41 Å². The Morgan fingerprint density at radius 3 is 2.50 bits per heavy atom. The number of carbonyl (C=O) groups excluding carboxylic acids is 1. The normalized spacial score (nSPS) is 13.0. The summed E-state index contributed by atoms with van der Waals surface area (Å²) in [6.07, 6.45) is 0. The Balaban J connectivity index is 2.85. The minimum Gasteiger partial charge on any atom is -0.497 e. The van der Waals surface area contributed by atoms with Crippen LogP contribution in [0.4, 0.5) is 5.69 Å². The van der Waals surface area contributed by atoms with E-state index in [1.54, 1.807) is 19.2 Å². The first kappa shape index (κ1) is 15.0. The third-order valence-electron chi connectivity index (χ3n) is 2.59. The van der Waals surface area contributed by atoms with Gasteiger partial charge in [0.2, 0.25) is 5.91 Å². The van der Waals surface area contributed by atoms with E-state index >= 15 is 0 Å². The lowest BCUT2D eigenvalue weighted by Gasteiger charge is -2.25. The van der Waals surface area contributed by atoms with Crippen molar-refractivity contribution in [3.8, 4) is 5.75 Å². The smallest absolute Gasteiger partial charge is 0.241 e. The third-order valence-corrected chi connectivity index (χ3v) is 3.05. The molecule has 1 unspecified atom stereocenters. The molecule has 0 aliphatic rings. The molecule has 100 valence electrons. The fourth-order valence-electron chi connectivity index (χ4n) is 1.37. The van der Waals surface area contributed by atoms with Gasteiger partial charge in [-0.15, -0.1) is 0 Å². The highest BCUT2D eigenvalue weighted by Gasteiger charge is 2.27. The molecule has 0 saturated carbocycles. The number of hydrogen-bond donors (Lipinski definition) is 2. The number of ether oxygens (including phenoxy) is 1. The second-order valence-corrected chi connectivity index (χ2v) is 6.13. The maximum atomic E-state index is 12.0. The zero-order valence-electron chi connectivity index (χ0n) is 11.1. The van der Waals surface area contributed by atoms with Crippen molar-refractivity contribution in [3.05, 3.63) is 22.7 Å². The lowest BCUT2D eigenvalue weighted by atomic mass is 9.87. The summed E-state index contributed by atoms with van der Waals surface area (Å²) in [5.41, 5.74) is 6.28. The standard InChI is InChI=1S/C13H19BrN2O2/c1-13(2,3)11(15)12(17)16-9-5-8(14)6-10(7-9)18-4/h5-7,11H,15H2,1-4H3,(H,16,17). The van der Waals surface area contributed by atoms with Gasteiger partial charge in [-0.1, -0.05) is 36.7 Å². The van der Waals surface area contributed by atoms with Gasteiger partial charge in [-0.2, -0.15) is 0 Å². The number of rotatable bonds is 3. The number of carbonyl (C=O) groups is 1. The van der Waals surface area contributed by atoms with Crippen molar-refractivity contribution in [1.82, 2.24) is 0 Å². The van der Waals surface area contributed by atoms with Crippen molar-refractivity contribution >= 4 is 27.5 Å². The van der Waals surface area contributed by atoms with Crippen LogP contribution in [0.15, 0.2) is 22.7 Å². The van der Waals surface area contributed by atoms with Gasteiger partial charge in [0.15, 0.2) is 0 Å². The van der Waals surface area contributed by atoms with Crippen molar-refractivity contribution < 1.29 is 9.53 Å². The van der Waals surface area contributed by atoms with Gasteiger partial charge in [-0.05, 0) is 17.5 Å². The zero-order chi connectivity index (χ0) is 13.9. The SMILES string of the molecule is COc1cc(Br)cc(NC(=O)C(N)C(C)(C)C)c1. The van der Waals surface area contributed by atoms with Gasteiger partial charge in [0.25, 0.3) is 0 Å². The molecule has 0 aliphatic carbocycles. The highest BCUT2D eigenvalue weighted by molar-refractivity contribution is 9.10. The Morgan fingerprint density at radius 2 is 2.00 bits per heavy atom. The Morgan fingerprint density at radius 1 is 1.39 bits per heavy atom. The van der Waals surface area contributed by atoms with Crippen LogP contribution in [0.5, 0.6) is 5.75 Å². The van der Waals surface area contributed by atoms with E-state index in [1.165, 1.54) is 0 Å². The van der Waals surface area contributed by atoms with Gasteiger partial charge in [-0.3, -0.25) is 4.79 Å². The molecule has 4 nitrogen and oxygen atoms in total. The molecule has 0 bridgehead atoms. The first-order chi connectivity index (χ1) is 8.24. The molecule has 1 aromatic rings. The molecule has 0 fully saturated rings. The molecule has 3 N–H and O–H groups in total. The molecular formula is C13H19BrN2O2. The molecule has 1 aromatic carbocycles. The first-order valence-corrected chi connectivity index (χ1v) is 6.44. The fraction of sp³-hybridized carbons (Fsp3) is 0.462. The Kier molecular flexibility index (Phi) is 4.76. The molecular weight excluding hydrogens is 296 g/mol. The number of methoxy groups -OCH3 is 1. The van der Waals surface area contributed by atoms with Crippen molar-refractivity contribution in [2.24, 2.45) is 11.1 Å². The van der Waals surface area contributed by atoms with Crippen LogP contribution in [0.1, 0.15) is 20.8 Å². The Bertz CT molecular complexity index is 441. The number of hydrogen-bond acceptors (Lipinski definition) is 3. The zero-order valence-corrected chi connectivity index (χ0v) is 12.7. The quantitative estimate of drug-likeness (QED) is 0.901. The van der Waals surface area contributed by atoms with Gasteiger partial charge < -0.3 is 15.8 Å². The number of benzene rings is 1. The maximum absolute atomic E-state index is 12.0. The lowest BCUT2D eigenvalue weighted by Crippen LogP contribution is -2.45.